The molecule has 0 aromatic carbocycles. The molecule has 0 aromatic heterocycles. The summed E-state index contributed by atoms with van der Waals surface area (Å²) in [6.07, 6.45) is 7.21. The maximum absolute atomic E-state index is 9.62. The van der Waals surface area contributed by atoms with Crippen molar-refractivity contribution in [3.8, 4) is 0 Å². The van der Waals surface area contributed by atoms with Gasteiger partial charge in [-0.1, -0.05) is 45.1 Å². The first kappa shape index (κ1) is 10.4. The van der Waals surface area contributed by atoms with Gasteiger partial charge in [0.1, 0.15) is 5.60 Å². The van der Waals surface area contributed by atoms with E-state index in [1.165, 1.54) is 6.42 Å². The van der Waals surface area contributed by atoms with Crippen molar-refractivity contribution in [3.05, 3.63) is 25.3 Å². The lowest BCUT2D eigenvalue weighted by Gasteiger charge is -2.18. The molecule has 0 aliphatic carbocycles. The molecule has 1 N–H and O–H groups in total. The molecule has 1 heteroatoms. The first-order valence-electron chi connectivity index (χ1n) is 4.18. The predicted molar refractivity (Wildman–Crippen MR) is 49.5 cm³/mol. The summed E-state index contributed by atoms with van der Waals surface area (Å²) in [7, 11) is 0. The second-order valence-electron chi connectivity index (χ2n) is 2.86. The highest BCUT2D eigenvalue weighted by atomic mass is 16.3. The molecule has 0 aromatic rings. The fraction of sp³-hybridized carbons (Fsp3) is 0.600. The summed E-state index contributed by atoms with van der Waals surface area (Å²) in [4.78, 5) is 0. The first-order chi connectivity index (χ1) is 5.18. The molecule has 0 bridgehead atoms. The van der Waals surface area contributed by atoms with Crippen molar-refractivity contribution in [1.82, 2.24) is 0 Å². The fourth-order valence-electron chi connectivity index (χ4n) is 0.946. The van der Waals surface area contributed by atoms with Crippen LogP contribution in [-0.2, 0) is 0 Å². The summed E-state index contributed by atoms with van der Waals surface area (Å²) < 4.78 is 0. The van der Waals surface area contributed by atoms with Crippen molar-refractivity contribution in [2.24, 2.45) is 0 Å². The Morgan fingerprint density at radius 1 is 1.27 bits per heavy atom. The molecular weight excluding hydrogens is 136 g/mol. The number of hydrogen-bond acceptors (Lipinski definition) is 1. The van der Waals surface area contributed by atoms with Crippen LogP contribution in [0.1, 0.15) is 32.6 Å². The van der Waals surface area contributed by atoms with Crippen LogP contribution in [0.3, 0.4) is 0 Å². The maximum atomic E-state index is 9.62. The standard InChI is InChI=1S/C10H18O/c1-4-7-8-9-10(11,5-2)6-3/h5-6,11H,2-4,7-9H2,1H3. The minimum absolute atomic E-state index is 0.744. The molecule has 11 heavy (non-hydrogen) atoms. The summed E-state index contributed by atoms with van der Waals surface area (Å²) in [5.74, 6) is 0. The Hall–Kier alpha value is -0.560. The molecule has 0 amide bonds. The van der Waals surface area contributed by atoms with E-state index in [2.05, 4.69) is 20.1 Å². The minimum atomic E-state index is -0.838. The molecular formula is C10H18O. The molecule has 64 valence electrons. The Morgan fingerprint density at radius 3 is 2.18 bits per heavy atom. The van der Waals surface area contributed by atoms with Crippen molar-refractivity contribution in [1.29, 1.82) is 0 Å². The van der Waals surface area contributed by atoms with Gasteiger partial charge in [0, 0.05) is 0 Å². The van der Waals surface area contributed by atoms with E-state index < -0.39 is 5.60 Å². The van der Waals surface area contributed by atoms with E-state index in [1.807, 2.05) is 0 Å². The van der Waals surface area contributed by atoms with Gasteiger partial charge in [-0.15, -0.1) is 0 Å². The molecule has 0 radical (unpaired) electrons. The van der Waals surface area contributed by atoms with Gasteiger partial charge in [0.2, 0.25) is 0 Å². The second-order valence-corrected chi connectivity index (χ2v) is 2.86. The van der Waals surface area contributed by atoms with Crippen LogP contribution in [0, 0.1) is 0 Å². The van der Waals surface area contributed by atoms with Gasteiger partial charge in [0.15, 0.2) is 0 Å². The van der Waals surface area contributed by atoms with E-state index in [-0.39, 0.29) is 0 Å². The van der Waals surface area contributed by atoms with Crippen LogP contribution >= 0.6 is 0 Å². The summed E-state index contributed by atoms with van der Waals surface area (Å²) in [6, 6.07) is 0. The van der Waals surface area contributed by atoms with E-state index in [0.717, 1.165) is 19.3 Å². The van der Waals surface area contributed by atoms with Crippen LogP contribution < -0.4 is 0 Å². The zero-order chi connectivity index (χ0) is 8.74. The molecule has 0 rings (SSSR count). The number of unbranched alkanes of at least 4 members (excludes halogenated alkanes) is 2. The van der Waals surface area contributed by atoms with Gasteiger partial charge >= 0.3 is 0 Å². The fourth-order valence-corrected chi connectivity index (χ4v) is 0.946. The van der Waals surface area contributed by atoms with Crippen LogP contribution in [0.25, 0.3) is 0 Å². The largest absolute Gasteiger partial charge is 0.382 e. The predicted octanol–water partition coefficient (Wildman–Crippen LogP) is 2.67. The lowest BCUT2D eigenvalue weighted by Crippen LogP contribution is -2.21. The highest BCUT2D eigenvalue weighted by molar-refractivity contribution is 5.07. The zero-order valence-corrected chi connectivity index (χ0v) is 7.34. The van der Waals surface area contributed by atoms with Crippen molar-refractivity contribution in [2.75, 3.05) is 0 Å². The lowest BCUT2D eigenvalue weighted by molar-refractivity contribution is 0.130. The number of aliphatic hydroxyl groups is 1. The smallest absolute Gasteiger partial charge is 0.100 e. The molecule has 0 saturated carbocycles. The SMILES string of the molecule is C=CC(O)(C=C)CCCCC. The summed E-state index contributed by atoms with van der Waals surface area (Å²) in [5, 5.41) is 9.62. The van der Waals surface area contributed by atoms with Crippen molar-refractivity contribution in [3.63, 3.8) is 0 Å². The molecule has 0 atom stereocenters. The molecule has 0 aliphatic rings. The average molecular weight is 154 g/mol. The topological polar surface area (TPSA) is 20.2 Å². The van der Waals surface area contributed by atoms with Crippen LogP contribution in [0.4, 0.5) is 0 Å². The van der Waals surface area contributed by atoms with Crippen molar-refractivity contribution >= 4 is 0 Å². The van der Waals surface area contributed by atoms with Gasteiger partial charge in [-0.05, 0) is 12.8 Å². The molecule has 0 unspecified atom stereocenters. The third kappa shape index (κ3) is 3.99. The van der Waals surface area contributed by atoms with Gasteiger partial charge in [-0.2, -0.15) is 0 Å². The van der Waals surface area contributed by atoms with E-state index in [0.29, 0.717) is 0 Å². The molecule has 0 heterocycles. The molecule has 1 nitrogen and oxygen atoms in total. The van der Waals surface area contributed by atoms with Crippen molar-refractivity contribution < 1.29 is 5.11 Å². The van der Waals surface area contributed by atoms with E-state index in [4.69, 9.17) is 0 Å². The van der Waals surface area contributed by atoms with Gasteiger partial charge in [-0.25, -0.2) is 0 Å². The van der Waals surface area contributed by atoms with Gasteiger partial charge in [0.05, 0.1) is 0 Å². The highest BCUT2D eigenvalue weighted by Crippen LogP contribution is 2.16. The van der Waals surface area contributed by atoms with Crippen LogP contribution in [-0.4, -0.2) is 10.7 Å². The normalized spacial score (nSPS) is 11.1. The third-order valence-electron chi connectivity index (χ3n) is 1.89. The zero-order valence-electron chi connectivity index (χ0n) is 7.34. The Bertz CT molecular complexity index is 119. The first-order valence-corrected chi connectivity index (χ1v) is 4.18. The minimum Gasteiger partial charge on any atom is -0.382 e. The van der Waals surface area contributed by atoms with Crippen LogP contribution in [0.5, 0.6) is 0 Å². The molecule has 0 saturated heterocycles. The Balaban J connectivity index is 3.69. The van der Waals surface area contributed by atoms with Crippen LogP contribution in [0.2, 0.25) is 0 Å². The van der Waals surface area contributed by atoms with Gasteiger partial charge in [-0.3, -0.25) is 0 Å². The lowest BCUT2D eigenvalue weighted by atomic mass is 9.97. The van der Waals surface area contributed by atoms with E-state index in [9.17, 15) is 5.11 Å². The second kappa shape index (κ2) is 5.14. The molecule has 0 aliphatic heterocycles. The Morgan fingerprint density at radius 2 is 1.82 bits per heavy atom. The van der Waals surface area contributed by atoms with Crippen LogP contribution in [0.15, 0.2) is 25.3 Å². The summed E-state index contributed by atoms with van der Waals surface area (Å²) >= 11 is 0. The molecule has 0 spiro atoms. The van der Waals surface area contributed by atoms with Gasteiger partial charge < -0.3 is 5.11 Å². The van der Waals surface area contributed by atoms with E-state index in [1.54, 1.807) is 12.2 Å². The Labute approximate surface area is 69.4 Å². The number of rotatable bonds is 6. The third-order valence-corrected chi connectivity index (χ3v) is 1.89. The highest BCUT2D eigenvalue weighted by Gasteiger charge is 2.16. The van der Waals surface area contributed by atoms with Gasteiger partial charge in [0.25, 0.3) is 0 Å². The Kier molecular flexibility index (Phi) is 4.88. The number of hydrogen-bond donors (Lipinski definition) is 1. The summed E-state index contributed by atoms with van der Waals surface area (Å²) in [5.41, 5.74) is -0.838. The van der Waals surface area contributed by atoms with E-state index >= 15 is 0 Å². The molecule has 0 fully saturated rings. The quantitative estimate of drug-likeness (QED) is 0.460. The monoisotopic (exact) mass is 154 g/mol. The average Bonchev–Trinajstić information content (AvgIpc) is 2.05. The van der Waals surface area contributed by atoms with Crippen molar-refractivity contribution in [2.45, 2.75) is 38.2 Å². The summed E-state index contributed by atoms with van der Waals surface area (Å²) in [6.45, 7) is 9.26. The maximum Gasteiger partial charge on any atom is 0.100 e.